The number of nitrogens with zero attached hydrogens (tertiary/aromatic N) is 1. The molecular weight excluding hydrogens is 352 g/mol. The Morgan fingerprint density at radius 1 is 1.43 bits per heavy atom. The monoisotopic (exact) mass is 367 g/mol. The van der Waals surface area contributed by atoms with Crippen LogP contribution in [0.2, 0.25) is 10.0 Å². The minimum Gasteiger partial charge on any atom is -0.301 e. The maximum absolute atomic E-state index is 12.6. The van der Waals surface area contributed by atoms with Crippen LogP contribution in [0.4, 0.5) is 0 Å². The molecule has 8 heteroatoms. The van der Waals surface area contributed by atoms with E-state index in [1.54, 1.807) is 19.1 Å². The van der Waals surface area contributed by atoms with E-state index in [0.29, 0.717) is 16.3 Å². The number of hydrogen-bond donors (Lipinski definition) is 0. The summed E-state index contributed by atoms with van der Waals surface area (Å²) in [4.78, 5) is 0. The van der Waals surface area contributed by atoms with E-state index >= 15 is 0 Å². The van der Waals surface area contributed by atoms with Crippen LogP contribution < -0.4 is 0 Å². The Morgan fingerprint density at radius 2 is 2.14 bits per heavy atom. The van der Waals surface area contributed by atoms with Crippen LogP contribution in [0.1, 0.15) is 31.9 Å². The zero-order valence-corrected chi connectivity index (χ0v) is 14.9. The van der Waals surface area contributed by atoms with Gasteiger partial charge in [-0.2, -0.15) is 5.26 Å². The largest absolute Gasteiger partial charge is 0.390 e. The lowest BCUT2D eigenvalue weighted by atomic mass is 10.1. The highest BCUT2D eigenvalue weighted by molar-refractivity contribution is 8.55. The van der Waals surface area contributed by atoms with Crippen LogP contribution in [0, 0.1) is 11.3 Å². The second-order valence-corrected chi connectivity index (χ2v) is 8.97. The first-order valence-corrected chi connectivity index (χ1v) is 10.3. The number of halogens is 2. The summed E-state index contributed by atoms with van der Waals surface area (Å²) >= 11 is 13.0. The third kappa shape index (κ3) is 5.83. The molecule has 0 N–H and O–H groups in total. The van der Waals surface area contributed by atoms with E-state index in [1.807, 2.05) is 13.0 Å². The Labute approximate surface area is 139 Å². The summed E-state index contributed by atoms with van der Waals surface area (Å²) in [5, 5.41) is 10.0. The first-order valence-electron chi connectivity index (χ1n) is 6.37. The molecular formula is C13H16Cl2NO3PS. The molecule has 2 unspecified atom stereocenters. The second-order valence-electron chi connectivity index (χ2n) is 3.98. The van der Waals surface area contributed by atoms with Gasteiger partial charge in [0, 0.05) is 21.4 Å². The van der Waals surface area contributed by atoms with E-state index in [1.165, 1.54) is 6.07 Å². The van der Waals surface area contributed by atoms with E-state index < -0.39 is 12.9 Å². The van der Waals surface area contributed by atoms with Crippen LogP contribution in [-0.4, -0.2) is 12.4 Å². The third-order valence-electron chi connectivity index (χ3n) is 2.34. The van der Waals surface area contributed by atoms with Gasteiger partial charge in [0.1, 0.15) is 0 Å². The number of nitriles is 1. The molecule has 116 valence electrons. The van der Waals surface area contributed by atoms with Gasteiger partial charge in [-0.15, -0.1) is 0 Å². The van der Waals surface area contributed by atoms with Gasteiger partial charge in [-0.1, -0.05) is 36.2 Å². The van der Waals surface area contributed by atoms with Gasteiger partial charge in [0.25, 0.3) is 0 Å². The molecule has 0 aliphatic heterocycles. The molecule has 4 nitrogen and oxygen atoms in total. The first kappa shape index (κ1) is 18.8. The summed E-state index contributed by atoms with van der Waals surface area (Å²) in [5.41, 5.74) is 0.417. The van der Waals surface area contributed by atoms with Crippen LogP contribution in [0.15, 0.2) is 18.2 Å². The second kappa shape index (κ2) is 9.05. The lowest BCUT2D eigenvalue weighted by Crippen LogP contribution is -2.03. The zero-order chi connectivity index (χ0) is 15.9. The standard InChI is InChI=1S/C13H16Cl2NO3PS/c1-3-7-21-20(17,18-4-2)19-13(9-16)11-6-5-10(14)8-12(11)15/h5-6,8,13H,3-4,7H2,1-2H3. The lowest BCUT2D eigenvalue weighted by molar-refractivity contribution is 0.198. The summed E-state index contributed by atoms with van der Waals surface area (Å²) in [6.07, 6.45) is -0.249. The van der Waals surface area contributed by atoms with E-state index in [2.05, 4.69) is 0 Å². The molecule has 0 radical (unpaired) electrons. The SMILES string of the molecule is CCCSP(=O)(OCC)OC(C#N)c1ccc(Cl)cc1Cl. The predicted molar refractivity (Wildman–Crippen MR) is 87.9 cm³/mol. The molecule has 2 atom stereocenters. The molecule has 21 heavy (non-hydrogen) atoms. The van der Waals surface area contributed by atoms with Gasteiger partial charge in [-0.05, 0) is 36.9 Å². The van der Waals surface area contributed by atoms with E-state index in [4.69, 9.17) is 32.2 Å². The van der Waals surface area contributed by atoms with Gasteiger partial charge < -0.3 is 4.52 Å². The Hall–Kier alpha value is -0.210. The van der Waals surface area contributed by atoms with Gasteiger partial charge in [0.05, 0.1) is 12.7 Å². The fourth-order valence-electron chi connectivity index (χ4n) is 1.45. The predicted octanol–water partition coefficient (Wildman–Crippen LogP) is 5.86. The van der Waals surface area contributed by atoms with Crippen LogP contribution in [0.5, 0.6) is 0 Å². The van der Waals surface area contributed by atoms with E-state index in [-0.39, 0.29) is 11.6 Å². The fraction of sp³-hybridized carbons (Fsp3) is 0.462. The average Bonchev–Trinajstić information content (AvgIpc) is 2.44. The summed E-state index contributed by atoms with van der Waals surface area (Å²) in [5.74, 6) is 0.615. The molecule has 1 aromatic carbocycles. The molecule has 0 saturated carbocycles. The maximum atomic E-state index is 12.6. The smallest absolute Gasteiger partial charge is 0.301 e. The molecule has 0 aliphatic carbocycles. The molecule has 0 aliphatic rings. The Kier molecular flexibility index (Phi) is 8.12. The minimum absolute atomic E-state index is 0.237. The molecule has 1 rings (SSSR count). The topological polar surface area (TPSA) is 59.3 Å². The highest BCUT2D eigenvalue weighted by Crippen LogP contribution is 2.63. The van der Waals surface area contributed by atoms with Crippen molar-refractivity contribution in [2.75, 3.05) is 12.4 Å². The molecule has 0 spiro atoms. The van der Waals surface area contributed by atoms with Crippen LogP contribution in [0.25, 0.3) is 0 Å². The van der Waals surface area contributed by atoms with E-state index in [9.17, 15) is 9.83 Å². The van der Waals surface area contributed by atoms with Gasteiger partial charge >= 0.3 is 6.80 Å². The van der Waals surface area contributed by atoms with Crippen molar-refractivity contribution in [3.05, 3.63) is 33.8 Å². The maximum Gasteiger partial charge on any atom is 0.390 e. The van der Waals surface area contributed by atoms with Gasteiger partial charge in [-0.3, -0.25) is 4.52 Å². The quantitative estimate of drug-likeness (QED) is 0.538. The van der Waals surface area contributed by atoms with Crippen LogP contribution >= 0.6 is 41.4 Å². The molecule has 0 saturated heterocycles. The minimum atomic E-state index is -3.40. The lowest BCUT2D eigenvalue weighted by Gasteiger charge is -2.20. The Balaban J connectivity index is 2.98. The molecule has 0 amide bonds. The first-order chi connectivity index (χ1) is 9.95. The normalized spacial score (nSPS) is 15.2. The third-order valence-corrected chi connectivity index (χ3v) is 6.92. The van der Waals surface area contributed by atoms with Gasteiger partial charge in [0.2, 0.25) is 0 Å². The highest BCUT2D eigenvalue weighted by Gasteiger charge is 2.31. The molecule has 0 heterocycles. The van der Waals surface area contributed by atoms with Crippen molar-refractivity contribution in [3.63, 3.8) is 0 Å². The number of rotatable bonds is 8. The molecule has 0 aromatic heterocycles. The average molecular weight is 368 g/mol. The summed E-state index contributed by atoms with van der Waals surface area (Å²) in [7, 11) is 0. The van der Waals surface area contributed by atoms with Gasteiger partial charge in [0.15, 0.2) is 6.10 Å². The Bertz CT molecular complexity index is 565. The zero-order valence-electron chi connectivity index (χ0n) is 11.7. The number of benzene rings is 1. The van der Waals surface area contributed by atoms with Crippen LogP contribution in [-0.2, 0) is 13.6 Å². The Morgan fingerprint density at radius 3 is 2.67 bits per heavy atom. The van der Waals surface area contributed by atoms with Crippen molar-refractivity contribution in [1.82, 2.24) is 0 Å². The summed E-state index contributed by atoms with van der Waals surface area (Å²) in [6.45, 7) is 0.514. The molecule has 0 bridgehead atoms. The van der Waals surface area contributed by atoms with Gasteiger partial charge in [-0.25, -0.2) is 4.57 Å². The van der Waals surface area contributed by atoms with E-state index in [0.717, 1.165) is 17.8 Å². The fourth-order valence-corrected chi connectivity index (χ4v) is 5.50. The summed E-state index contributed by atoms with van der Waals surface area (Å²) < 4.78 is 23.3. The van der Waals surface area contributed by atoms with Crippen molar-refractivity contribution in [2.45, 2.75) is 26.4 Å². The van der Waals surface area contributed by atoms with Crippen molar-refractivity contribution in [2.24, 2.45) is 0 Å². The highest BCUT2D eigenvalue weighted by atomic mass is 35.5. The van der Waals surface area contributed by atoms with Crippen molar-refractivity contribution in [1.29, 1.82) is 5.26 Å². The molecule has 0 fully saturated rings. The molecule has 1 aromatic rings. The van der Waals surface area contributed by atoms with Crippen molar-refractivity contribution in [3.8, 4) is 6.07 Å². The number of hydrogen-bond acceptors (Lipinski definition) is 5. The van der Waals surface area contributed by atoms with Crippen molar-refractivity contribution < 1.29 is 13.6 Å². The van der Waals surface area contributed by atoms with Crippen molar-refractivity contribution >= 4 is 41.4 Å². The summed E-state index contributed by atoms with van der Waals surface area (Å²) in [6, 6.07) is 6.65. The van der Waals surface area contributed by atoms with Crippen LogP contribution in [0.3, 0.4) is 0 Å².